The molecule has 0 atom stereocenters. The van der Waals surface area contributed by atoms with Crippen LogP contribution in [0.2, 0.25) is 0 Å². The Morgan fingerprint density at radius 2 is 2.00 bits per heavy atom. The van der Waals surface area contributed by atoms with Gasteiger partial charge in [0.15, 0.2) is 0 Å². The molecule has 0 saturated carbocycles. The first-order chi connectivity index (χ1) is 10.0. The Labute approximate surface area is 122 Å². The first kappa shape index (κ1) is 13.5. The molecule has 0 unspecified atom stereocenters. The van der Waals surface area contributed by atoms with E-state index < -0.39 is 5.60 Å². The van der Waals surface area contributed by atoms with Crippen molar-refractivity contribution in [3.63, 3.8) is 0 Å². The molecule has 0 bridgehead atoms. The van der Waals surface area contributed by atoms with Gasteiger partial charge in [-0.15, -0.1) is 5.10 Å². The average molecular weight is 284 g/mol. The van der Waals surface area contributed by atoms with Crippen LogP contribution in [0.3, 0.4) is 0 Å². The molecule has 0 aliphatic rings. The van der Waals surface area contributed by atoms with Gasteiger partial charge >= 0.3 is 0 Å². The Kier molecular flexibility index (Phi) is 3.31. The summed E-state index contributed by atoms with van der Waals surface area (Å²) in [5.74, 6) is 0.577. The molecule has 6 heteroatoms. The first-order valence-corrected chi connectivity index (χ1v) is 6.65. The van der Waals surface area contributed by atoms with E-state index in [4.69, 9.17) is 4.42 Å². The van der Waals surface area contributed by atoms with Crippen LogP contribution >= 0.6 is 0 Å². The maximum atomic E-state index is 9.87. The van der Waals surface area contributed by atoms with Crippen molar-refractivity contribution in [1.82, 2.24) is 20.0 Å². The average Bonchev–Trinajstić information content (AvgIpc) is 3.09. The first-order valence-electron chi connectivity index (χ1n) is 6.65. The van der Waals surface area contributed by atoms with Crippen molar-refractivity contribution in [2.75, 3.05) is 0 Å². The fraction of sp³-hybridized carbons (Fsp3) is 0.267. The third kappa shape index (κ3) is 3.00. The molecule has 2 aromatic heterocycles. The highest BCUT2D eigenvalue weighted by Gasteiger charge is 2.20. The molecular weight excluding hydrogens is 268 g/mol. The fourth-order valence-electron chi connectivity index (χ4n) is 1.91. The smallest absolute Gasteiger partial charge is 0.226 e. The second-order valence-electron chi connectivity index (χ2n) is 5.37. The van der Waals surface area contributed by atoms with Crippen LogP contribution < -0.4 is 0 Å². The molecule has 6 nitrogen and oxygen atoms in total. The van der Waals surface area contributed by atoms with Gasteiger partial charge in [0.2, 0.25) is 5.89 Å². The Bertz CT molecular complexity index is 725. The molecule has 0 radical (unpaired) electrons. The normalized spacial score (nSPS) is 11.8. The third-order valence-corrected chi connectivity index (χ3v) is 3.06. The van der Waals surface area contributed by atoms with Gasteiger partial charge in [-0.3, -0.25) is 0 Å². The van der Waals surface area contributed by atoms with Crippen LogP contribution in [0.4, 0.5) is 0 Å². The largest absolute Gasteiger partial charge is 0.444 e. The summed E-state index contributed by atoms with van der Waals surface area (Å²) in [6.45, 7) is 3.79. The maximum Gasteiger partial charge on any atom is 0.226 e. The van der Waals surface area contributed by atoms with Crippen molar-refractivity contribution < 1.29 is 9.52 Å². The van der Waals surface area contributed by atoms with Crippen LogP contribution in [0, 0.1) is 0 Å². The lowest BCUT2D eigenvalue weighted by Gasteiger charge is -2.11. The minimum absolute atomic E-state index is 0.444. The Morgan fingerprint density at radius 3 is 2.67 bits per heavy atom. The van der Waals surface area contributed by atoms with E-state index in [1.165, 1.54) is 0 Å². The topological polar surface area (TPSA) is 77.0 Å². The number of oxazole rings is 1. The Hall–Kier alpha value is -2.47. The summed E-state index contributed by atoms with van der Waals surface area (Å²) >= 11 is 0. The molecule has 21 heavy (non-hydrogen) atoms. The molecule has 3 aromatic rings. The highest BCUT2D eigenvalue weighted by atomic mass is 16.3. The quantitative estimate of drug-likeness (QED) is 0.794. The van der Waals surface area contributed by atoms with Gasteiger partial charge in [0.05, 0.1) is 12.7 Å². The van der Waals surface area contributed by atoms with E-state index in [9.17, 15) is 5.11 Å². The number of hydrogen-bond donors (Lipinski definition) is 1. The molecule has 1 N–H and O–H groups in total. The summed E-state index contributed by atoms with van der Waals surface area (Å²) in [6.07, 6.45) is 3.31. The van der Waals surface area contributed by atoms with Crippen LogP contribution in [0.1, 0.15) is 25.2 Å². The molecule has 0 saturated heterocycles. The van der Waals surface area contributed by atoms with Crippen LogP contribution in [0.25, 0.3) is 11.5 Å². The van der Waals surface area contributed by atoms with E-state index in [2.05, 4.69) is 15.3 Å². The molecule has 108 valence electrons. The van der Waals surface area contributed by atoms with Crippen LogP contribution in [-0.4, -0.2) is 25.1 Å². The molecule has 0 aliphatic carbocycles. The molecule has 0 spiro atoms. The van der Waals surface area contributed by atoms with Crippen LogP contribution in [0.5, 0.6) is 0 Å². The predicted octanol–water partition coefficient (Wildman–Crippen LogP) is 2.21. The Balaban J connectivity index is 1.77. The van der Waals surface area contributed by atoms with E-state index in [0.717, 1.165) is 11.3 Å². The molecular formula is C15H16N4O2. The molecule has 0 fully saturated rings. The summed E-state index contributed by atoms with van der Waals surface area (Å²) in [5, 5.41) is 17.8. The number of benzene rings is 1. The van der Waals surface area contributed by atoms with E-state index >= 15 is 0 Å². The van der Waals surface area contributed by atoms with Gasteiger partial charge in [0, 0.05) is 5.56 Å². The van der Waals surface area contributed by atoms with Crippen molar-refractivity contribution >= 4 is 0 Å². The van der Waals surface area contributed by atoms with E-state index in [1.54, 1.807) is 31.0 Å². The zero-order valence-corrected chi connectivity index (χ0v) is 11.9. The lowest BCUT2D eigenvalue weighted by molar-refractivity contribution is 0.0737. The van der Waals surface area contributed by atoms with Crippen molar-refractivity contribution in [3.8, 4) is 11.5 Å². The number of aromatic nitrogens is 4. The monoisotopic (exact) mass is 284 g/mol. The second kappa shape index (κ2) is 5.14. The highest BCUT2D eigenvalue weighted by molar-refractivity contribution is 5.52. The second-order valence-corrected chi connectivity index (χ2v) is 5.37. The van der Waals surface area contributed by atoms with Gasteiger partial charge < -0.3 is 9.52 Å². The van der Waals surface area contributed by atoms with E-state index in [1.807, 2.05) is 30.3 Å². The van der Waals surface area contributed by atoms with Gasteiger partial charge in [0.25, 0.3) is 0 Å². The number of rotatable bonds is 4. The van der Waals surface area contributed by atoms with Gasteiger partial charge in [-0.1, -0.05) is 23.4 Å². The third-order valence-electron chi connectivity index (χ3n) is 3.06. The zero-order valence-electron chi connectivity index (χ0n) is 11.9. The fourth-order valence-corrected chi connectivity index (χ4v) is 1.91. The SMILES string of the molecule is CC(C)(O)c1cn(Cc2coc(-c3ccccc3)n2)nn1. The summed E-state index contributed by atoms with van der Waals surface area (Å²) in [5.41, 5.74) is 1.20. The summed E-state index contributed by atoms with van der Waals surface area (Å²) in [7, 11) is 0. The lowest BCUT2D eigenvalue weighted by atomic mass is 10.1. The standard InChI is InChI=1S/C15H16N4O2/c1-15(2,20)13-9-19(18-17-13)8-12-10-21-14(16-12)11-6-4-3-5-7-11/h3-7,9-10,20H,8H2,1-2H3. The van der Waals surface area contributed by atoms with Gasteiger partial charge in [-0.25, -0.2) is 9.67 Å². The molecule has 3 rings (SSSR count). The summed E-state index contributed by atoms with van der Waals surface area (Å²) < 4.78 is 7.10. The van der Waals surface area contributed by atoms with Crippen molar-refractivity contribution in [2.45, 2.75) is 26.0 Å². The minimum atomic E-state index is -1.00. The summed E-state index contributed by atoms with van der Waals surface area (Å²) in [4.78, 5) is 4.43. The van der Waals surface area contributed by atoms with Gasteiger partial charge in [-0.05, 0) is 26.0 Å². The van der Waals surface area contributed by atoms with Crippen molar-refractivity contribution in [1.29, 1.82) is 0 Å². The highest BCUT2D eigenvalue weighted by Crippen LogP contribution is 2.19. The molecule has 0 amide bonds. The molecule has 1 aromatic carbocycles. The van der Waals surface area contributed by atoms with Gasteiger partial charge in [0.1, 0.15) is 23.3 Å². The van der Waals surface area contributed by atoms with Crippen molar-refractivity contribution in [2.24, 2.45) is 0 Å². The Morgan fingerprint density at radius 1 is 1.24 bits per heavy atom. The van der Waals surface area contributed by atoms with Crippen molar-refractivity contribution in [3.05, 3.63) is 54.2 Å². The molecule has 2 heterocycles. The predicted molar refractivity (Wildman–Crippen MR) is 76.3 cm³/mol. The number of hydrogen-bond acceptors (Lipinski definition) is 5. The number of aliphatic hydroxyl groups is 1. The lowest BCUT2D eigenvalue weighted by Crippen LogP contribution is -2.15. The minimum Gasteiger partial charge on any atom is -0.444 e. The number of nitrogens with zero attached hydrogens (tertiary/aromatic N) is 4. The van der Waals surface area contributed by atoms with E-state index in [0.29, 0.717) is 18.1 Å². The van der Waals surface area contributed by atoms with Gasteiger partial charge in [-0.2, -0.15) is 0 Å². The van der Waals surface area contributed by atoms with E-state index in [-0.39, 0.29) is 0 Å². The summed E-state index contributed by atoms with van der Waals surface area (Å²) in [6, 6.07) is 9.70. The van der Waals surface area contributed by atoms with Crippen LogP contribution in [0.15, 0.2) is 47.2 Å². The molecule has 0 aliphatic heterocycles. The van der Waals surface area contributed by atoms with Crippen LogP contribution in [-0.2, 0) is 12.1 Å². The maximum absolute atomic E-state index is 9.87. The zero-order chi connectivity index (χ0) is 14.9.